The van der Waals surface area contributed by atoms with Crippen LogP contribution in [-0.4, -0.2) is 24.5 Å². The zero-order valence-corrected chi connectivity index (χ0v) is 29.2. The summed E-state index contributed by atoms with van der Waals surface area (Å²) in [6.45, 7) is 0. The van der Waals surface area contributed by atoms with Crippen molar-refractivity contribution in [3.05, 3.63) is 176 Å². The summed E-state index contributed by atoms with van der Waals surface area (Å²) in [6, 6.07) is 39.0. The van der Waals surface area contributed by atoms with Gasteiger partial charge in [-0.2, -0.15) is 0 Å². The second kappa shape index (κ2) is 12.3. The van der Waals surface area contributed by atoms with E-state index < -0.39 is 12.1 Å². The lowest BCUT2D eigenvalue weighted by molar-refractivity contribution is 1.06. The molecule has 4 heterocycles. The number of aromatic nitrogens is 5. The maximum atomic E-state index is 9.12. The predicted octanol–water partition coefficient (Wildman–Crippen LogP) is 12.6. The number of rotatable bonds is 5. The van der Waals surface area contributed by atoms with Gasteiger partial charge in [0, 0.05) is 59.2 Å². The molecular formula is C48H29N5S. The van der Waals surface area contributed by atoms with Gasteiger partial charge in [-0.25, -0.2) is 15.0 Å². The predicted molar refractivity (Wildman–Crippen MR) is 224 cm³/mol. The SMILES string of the molecule is [2H]c1cc([2H])c2c(c1[2H])c1c([2H])c([2H])c([2H])c([2H])c1n2-c1ccccc1-c1nc(-c2cccc(-c3cccc4c3sc3ccccc34)c2)nc(-c2ccc3ncccc3c2)n1. The summed E-state index contributed by atoms with van der Waals surface area (Å²) in [5.74, 6) is 1.09. The Kier molecular flexibility index (Phi) is 5.53. The highest BCUT2D eigenvalue weighted by Gasteiger charge is 2.20. The van der Waals surface area contributed by atoms with E-state index in [4.69, 9.17) is 24.5 Å². The van der Waals surface area contributed by atoms with E-state index in [1.165, 1.54) is 26.2 Å². The van der Waals surface area contributed by atoms with E-state index in [-0.39, 0.29) is 57.8 Å². The molecule has 54 heavy (non-hydrogen) atoms. The van der Waals surface area contributed by atoms with Crippen molar-refractivity contribution in [2.45, 2.75) is 0 Å². The standard InChI is InChI=1S/C48H29N5S/c1-5-21-41-35(15-1)36-16-2-6-22-42(36)53(41)43-23-7-3-18-39(43)48-51-46(50-47(52-48)33-25-26-40-31(29-33)14-11-27-49-40)32-13-9-12-30(28-32)34-19-10-20-38-37-17-4-8-24-44(37)54-45(34)38/h1-29H/i1D,2D,5D,15D,16D,21D,22D. The van der Waals surface area contributed by atoms with Gasteiger partial charge in [-0.05, 0) is 71.7 Å². The summed E-state index contributed by atoms with van der Waals surface area (Å²) < 4.78 is 65.7. The molecule has 0 fully saturated rings. The fraction of sp³-hybridized carbons (Fsp3) is 0. The van der Waals surface area contributed by atoms with Crippen molar-refractivity contribution in [3.63, 3.8) is 0 Å². The molecule has 0 aliphatic rings. The van der Waals surface area contributed by atoms with Crippen LogP contribution in [0.3, 0.4) is 0 Å². The summed E-state index contributed by atoms with van der Waals surface area (Å²) in [5.41, 5.74) is 5.57. The lowest BCUT2D eigenvalue weighted by Crippen LogP contribution is -2.03. The average Bonchev–Trinajstić information content (AvgIpc) is 3.87. The third-order valence-electron chi connectivity index (χ3n) is 9.80. The first-order valence-corrected chi connectivity index (χ1v) is 18.2. The molecule has 11 rings (SSSR count). The summed E-state index contributed by atoms with van der Waals surface area (Å²) in [5, 5.41) is 3.48. The maximum Gasteiger partial charge on any atom is 0.166 e. The van der Waals surface area contributed by atoms with Crippen molar-refractivity contribution >= 4 is 64.2 Å². The van der Waals surface area contributed by atoms with Crippen LogP contribution >= 0.6 is 11.3 Å². The Morgan fingerprint density at radius 2 is 1.22 bits per heavy atom. The highest BCUT2D eigenvalue weighted by Crippen LogP contribution is 2.41. The van der Waals surface area contributed by atoms with Gasteiger partial charge < -0.3 is 4.57 Å². The first kappa shape index (κ1) is 24.3. The van der Waals surface area contributed by atoms with Crippen LogP contribution in [0, 0.1) is 0 Å². The molecule has 4 aromatic heterocycles. The number of nitrogens with zero attached hydrogens (tertiary/aromatic N) is 5. The molecular weight excluding hydrogens is 679 g/mol. The zero-order chi connectivity index (χ0) is 41.7. The van der Waals surface area contributed by atoms with Gasteiger partial charge >= 0.3 is 0 Å². The molecule has 6 heteroatoms. The molecule has 7 aromatic carbocycles. The first-order valence-electron chi connectivity index (χ1n) is 20.9. The molecule has 5 nitrogen and oxygen atoms in total. The van der Waals surface area contributed by atoms with Crippen molar-refractivity contribution in [3.8, 4) is 51.0 Å². The Hall–Kier alpha value is -7.02. The summed E-state index contributed by atoms with van der Waals surface area (Å²) in [4.78, 5) is 19.8. The number of pyridine rings is 1. The minimum Gasteiger partial charge on any atom is -0.309 e. The topological polar surface area (TPSA) is 56.5 Å². The van der Waals surface area contributed by atoms with Gasteiger partial charge in [-0.15, -0.1) is 11.3 Å². The fourth-order valence-corrected chi connectivity index (χ4v) is 8.57. The van der Waals surface area contributed by atoms with Crippen molar-refractivity contribution in [2.75, 3.05) is 0 Å². The van der Waals surface area contributed by atoms with Crippen molar-refractivity contribution < 1.29 is 9.60 Å². The largest absolute Gasteiger partial charge is 0.309 e. The normalized spacial score (nSPS) is 13.5. The Morgan fingerprint density at radius 3 is 2.17 bits per heavy atom. The van der Waals surface area contributed by atoms with Gasteiger partial charge in [0.1, 0.15) is 0 Å². The van der Waals surface area contributed by atoms with Gasteiger partial charge in [0.2, 0.25) is 0 Å². The summed E-state index contributed by atoms with van der Waals surface area (Å²) in [6.07, 6.45) is 1.75. The van der Waals surface area contributed by atoms with Gasteiger partial charge in [-0.1, -0.05) is 109 Å². The number of para-hydroxylation sites is 3. The van der Waals surface area contributed by atoms with Gasteiger partial charge in [0.15, 0.2) is 17.5 Å². The second-order valence-corrected chi connectivity index (χ2v) is 14.0. The number of hydrogen-bond donors (Lipinski definition) is 0. The lowest BCUT2D eigenvalue weighted by Gasteiger charge is -2.15. The van der Waals surface area contributed by atoms with Crippen LogP contribution in [-0.2, 0) is 0 Å². The maximum absolute atomic E-state index is 9.12. The Balaban J connectivity index is 1.18. The molecule has 0 saturated carbocycles. The quantitative estimate of drug-likeness (QED) is 0.178. The van der Waals surface area contributed by atoms with Gasteiger partial charge in [0.05, 0.1) is 31.8 Å². The second-order valence-electron chi connectivity index (χ2n) is 12.9. The monoisotopic (exact) mass is 714 g/mol. The highest BCUT2D eigenvalue weighted by molar-refractivity contribution is 7.26. The molecule has 11 aromatic rings. The summed E-state index contributed by atoms with van der Waals surface area (Å²) in [7, 11) is 0. The van der Waals surface area contributed by atoms with Crippen LogP contribution in [0.2, 0.25) is 0 Å². The van der Waals surface area contributed by atoms with E-state index in [9.17, 15) is 0 Å². The van der Waals surface area contributed by atoms with Crippen LogP contribution in [0.15, 0.2) is 176 Å². The van der Waals surface area contributed by atoms with Crippen molar-refractivity contribution in [1.82, 2.24) is 24.5 Å². The Bertz CT molecular complexity index is 3660. The fourth-order valence-electron chi connectivity index (χ4n) is 7.34. The van der Waals surface area contributed by atoms with Gasteiger partial charge in [-0.3, -0.25) is 4.98 Å². The third-order valence-corrected chi connectivity index (χ3v) is 11.0. The van der Waals surface area contributed by atoms with E-state index in [0.717, 1.165) is 33.2 Å². The van der Waals surface area contributed by atoms with Crippen LogP contribution in [0.25, 0.3) is 104 Å². The number of fused-ring (bicyclic) bond motifs is 7. The third kappa shape index (κ3) is 4.92. The number of thiophene rings is 1. The van der Waals surface area contributed by atoms with Crippen LogP contribution in [0.5, 0.6) is 0 Å². The highest BCUT2D eigenvalue weighted by atomic mass is 32.1. The molecule has 0 aliphatic heterocycles. The van der Waals surface area contributed by atoms with Crippen LogP contribution in [0.1, 0.15) is 9.60 Å². The molecule has 0 bridgehead atoms. The first-order chi connectivity index (χ1) is 29.7. The van der Waals surface area contributed by atoms with E-state index in [0.29, 0.717) is 22.9 Å². The van der Waals surface area contributed by atoms with Crippen molar-refractivity contribution in [2.24, 2.45) is 0 Å². The van der Waals surface area contributed by atoms with E-state index >= 15 is 0 Å². The molecule has 0 radical (unpaired) electrons. The molecule has 0 aliphatic carbocycles. The van der Waals surface area contributed by atoms with Crippen LogP contribution in [0.4, 0.5) is 0 Å². The van der Waals surface area contributed by atoms with Gasteiger partial charge in [0.25, 0.3) is 0 Å². The zero-order valence-electron chi connectivity index (χ0n) is 35.3. The number of benzene rings is 7. The Morgan fingerprint density at radius 1 is 0.500 bits per heavy atom. The van der Waals surface area contributed by atoms with E-state index in [1.54, 1.807) is 34.2 Å². The van der Waals surface area contributed by atoms with E-state index in [2.05, 4.69) is 59.6 Å². The van der Waals surface area contributed by atoms with Crippen molar-refractivity contribution in [1.29, 1.82) is 0 Å². The molecule has 252 valence electrons. The van der Waals surface area contributed by atoms with Crippen LogP contribution < -0.4 is 0 Å². The average molecular weight is 715 g/mol. The molecule has 0 atom stereocenters. The smallest absolute Gasteiger partial charge is 0.166 e. The molecule has 0 saturated heterocycles. The molecule has 0 unspecified atom stereocenters. The molecule has 0 spiro atoms. The Labute approximate surface area is 324 Å². The minimum absolute atomic E-state index is 0.0654. The minimum atomic E-state index is -0.464. The molecule has 0 amide bonds. The summed E-state index contributed by atoms with van der Waals surface area (Å²) >= 11 is 1.76. The lowest BCUT2D eigenvalue weighted by atomic mass is 10.0. The van der Waals surface area contributed by atoms with E-state index in [1.807, 2.05) is 54.6 Å². The number of hydrogen-bond acceptors (Lipinski definition) is 5. The molecule has 0 N–H and O–H groups in total.